The summed E-state index contributed by atoms with van der Waals surface area (Å²) in [4.78, 5) is 2.16. The molecule has 0 aliphatic rings. The van der Waals surface area contributed by atoms with Gasteiger partial charge in [-0.2, -0.15) is 5.26 Å². The van der Waals surface area contributed by atoms with Gasteiger partial charge in [-0.25, -0.2) is 0 Å². The lowest BCUT2D eigenvalue weighted by Crippen LogP contribution is -2.27. The molecule has 16 heavy (non-hydrogen) atoms. The van der Waals surface area contributed by atoms with Crippen LogP contribution >= 0.6 is 0 Å². The highest BCUT2D eigenvalue weighted by molar-refractivity contribution is 5.37. The average molecular weight is 218 g/mol. The van der Waals surface area contributed by atoms with E-state index in [2.05, 4.69) is 17.9 Å². The molecular formula is C13H18N2O. The summed E-state index contributed by atoms with van der Waals surface area (Å²) in [6, 6.07) is 9.82. The number of benzene rings is 1. The van der Waals surface area contributed by atoms with Crippen molar-refractivity contribution in [3.8, 4) is 6.07 Å². The smallest absolute Gasteiger partial charge is 0.0995 e. The highest BCUT2D eigenvalue weighted by Gasteiger charge is 2.07. The van der Waals surface area contributed by atoms with Crippen molar-refractivity contribution >= 4 is 0 Å². The maximum atomic E-state index is 8.97. The van der Waals surface area contributed by atoms with Crippen LogP contribution in [0.2, 0.25) is 0 Å². The van der Waals surface area contributed by atoms with Gasteiger partial charge in [-0.05, 0) is 24.6 Å². The van der Waals surface area contributed by atoms with Crippen LogP contribution in [-0.4, -0.2) is 29.7 Å². The zero-order chi connectivity index (χ0) is 11.8. The van der Waals surface area contributed by atoms with Crippen LogP contribution in [0, 0.1) is 11.3 Å². The molecule has 0 aliphatic heterocycles. The molecule has 0 saturated carbocycles. The van der Waals surface area contributed by atoms with Gasteiger partial charge in [-0.1, -0.05) is 25.1 Å². The van der Waals surface area contributed by atoms with Crippen molar-refractivity contribution in [2.24, 2.45) is 0 Å². The Morgan fingerprint density at radius 3 is 2.69 bits per heavy atom. The summed E-state index contributed by atoms with van der Waals surface area (Å²) in [5.41, 5.74) is 1.76. The van der Waals surface area contributed by atoms with E-state index >= 15 is 0 Å². The lowest BCUT2D eigenvalue weighted by atomic mass is 10.1. The van der Waals surface area contributed by atoms with Gasteiger partial charge in [0, 0.05) is 13.1 Å². The van der Waals surface area contributed by atoms with Gasteiger partial charge >= 0.3 is 0 Å². The monoisotopic (exact) mass is 218 g/mol. The average Bonchev–Trinajstić information content (AvgIpc) is 2.30. The van der Waals surface area contributed by atoms with E-state index in [1.165, 1.54) is 0 Å². The minimum Gasteiger partial charge on any atom is -0.395 e. The fourth-order valence-electron chi connectivity index (χ4n) is 1.74. The third kappa shape index (κ3) is 3.65. The topological polar surface area (TPSA) is 47.3 Å². The SMILES string of the molecule is CCCN(CCO)Cc1ccccc1C#N. The molecule has 0 bridgehead atoms. The predicted molar refractivity (Wildman–Crippen MR) is 63.8 cm³/mol. The van der Waals surface area contributed by atoms with Crippen LogP contribution in [0.1, 0.15) is 24.5 Å². The maximum absolute atomic E-state index is 8.97. The molecule has 1 rings (SSSR count). The first-order valence-corrected chi connectivity index (χ1v) is 5.63. The molecule has 0 saturated heterocycles. The van der Waals surface area contributed by atoms with Gasteiger partial charge in [0.25, 0.3) is 0 Å². The molecule has 0 amide bonds. The fourth-order valence-corrected chi connectivity index (χ4v) is 1.74. The Balaban J connectivity index is 2.72. The molecule has 0 heterocycles. The lowest BCUT2D eigenvalue weighted by molar-refractivity contribution is 0.190. The first kappa shape index (κ1) is 12.7. The Hall–Kier alpha value is -1.37. The van der Waals surface area contributed by atoms with Gasteiger partial charge in [0.1, 0.15) is 0 Å². The first-order chi connectivity index (χ1) is 7.81. The summed E-state index contributed by atoms with van der Waals surface area (Å²) in [5, 5.41) is 17.9. The predicted octanol–water partition coefficient (Wildman–Crippen LogP) is 1.76. The second kappa shape index (κ2) is 7.00. The standard InChI is InChI=1S/C13H18N2O/c1-2-7-15(8-9-16)11-13-6-4-3-5-12(13)10-14/h3-6,16H,2,7-9,11H2,1H3. The zero-order valence-electron chi connectivity index (χ0n) is 9.69. The van der Waals surface area contributed by atoms with Gasteiger partial charge in [0.05, 0.1) is 18.2 Å². The molecule has 1 aromatic rings. The van der Waals surface area contributed by atoms with E-state index in [0.717, 1.165) is 30.6 Å². The molecule has 0 unspecified atom stereocenters. The molecule has 0 aliphatic carbocycles. The Morgan fingerprint density at radius 2 is 2.06 bits per heavy atom. The number of aliphatic hydroxyl groups is 1. The number of nitrogens with zero attached hydrogens (tertiary/aromatic N) is 2. The minimum atomic E-state index is 0.161. The van der Waals surface area contributed by atoms with E-state index in [9.17, 15) is 0 Å². The Labute approximate surface area is 96.9 Å². The molecule has 0 atom stereocenters. The maximum Gasteiger partial charge on any atom is 0.0995 e. The molecule has 3 heteroatoms. The zero-order valence-corrected chi connectivity index (χ0v) is 9.69. The molecular weight excluding hydrogens is 200 g/mol. The molecule has 0 radical (unpaired) electrons. The van der Waals surface area contributed by atoms with Crippen LogP contribution in [0.4, 0.5) is 0 Å². The third-order valence-electron chi connectivity index (χ3n) is 2.49. The van der Waals surface area contributed by atoms with Crippen molar-refractivity contribution in [1.29, 1.82) is 5.26 Å². The van der Waals surface area contributed by atoms with E-state index in [1.807, 2.05) is 24.3 Å². The van der Waals surface area contributed by atoms with E-state index in [0.29, 0.717) is 6.54 Å². The van der Waals surface area contributed by atoms with Crippen LogP contribution in [0.3, 0.4) is 0 Å². The number of aliphatic hydroxyl groups excluding tert-OH is 1. The van der Waals surface area contributed by atoms with Crippen molar-refractivity contribution in [1.82, 2.24) is 4.90 Å². The Kier molecular flexibility index (Phi) is 5.55. The van der Waals surface area contributed by atoms with Gasteiger partial charge in [0.15, 0.2) is 0 Å². The normalized spacial score (nSPS) is 10.4. The first-order valence-electron chi connectivity index (χ1n) is 5.63. The quantitative estimate of drug-likeness (QED) is 0.791. The van der Waals surface area contributed by atoms with Gasteiger partial charge in [-0.15, -0.1) is 0 Å². The summed E-state index contributed by atoms with van der Waals surface area (Å²) in [6.07, 6.45) is 1.05. The van der Waals surface area contributed by atoms with Crippen molar-refractivity contribution in [2.75, 3.05) is 19.7 Å². The summed E-state index contributed by atoms with van der Waals surface area (Å²) in [7, 11) is 0. The van der Waals surface area contributed by atoms with E-state index in [-0.39, 0.29) is 6.61 Å². The molecule has 1 aromatic carbocycles. The van der Waals surface area contributed by atoms with Crippen LogP contribution in [0.15, 0.2) is 24.3 Å². The van der Waals surface area contributed by atoms with E-state index < -0.39 is 0 Å². The summed E-state index contributed by atoms with van der Waals surface area (Å²) < 4.78 is 0. The van der Waals surface area contributed by atoms with E-state index in [4.69, 9.17) is 10.4 Å². The van der Waals surface area contributed by atoms with Crippen molar-refractivity contribution in [2.45, 2.75) is 19.9 Å². The van der Waals surface area contributed by atoms with Crippen LogP contribution in [-0.2, 0) is 6.54 Å². The second-order valence-corrected chi connectivity index (χ2v) is 3.77. The van der Waals surface area contributed by atoms with Crippen LogP contribution in [0.25, 0.3) is 0 Å². The number of nitriles is 1. The molecule has 0 spiro atoms. The second-order valence-electron chi connectivity index (χ2n) is 3.77. The Bertz CT molecular complexity index is 351. The fraction of sp³-hybridized carbons (Fsp3) is 0.462. The number of rotatable bonds is 6. The minimum absolute atomic E-state index is 0.161. The molecule has 1 N–H and O–H groups in total. The van der Waals surface area contributed by atoms with Gasteiger partial charge in [0.2, 0.25) is 0 Å². The Morgan fingerprint density at radius 1 is 1.31 bits per heavy atom. The number of hydrogen-bond acceptors (Lipinski definition) is 3. The number of hydrogen-bond donors (Lipinski definition) is 1. The molecule has 3 nitrogen and oxygen atoms in total. The largest absolute Gasteiger partial charge is 0.395 e. The molecule has 86 valence electrons. The summed E-state index contributed by atoms with van der Waals surface area (Å²) in [6.45, 7) is 4.61. The third-order valence-corrected chi connectivity index (χ3v) is 2.49. The van der Waals surface area contributed by atoms with Gasteiger partial charge in [-0.3, -0.25) is 4.90 Å². The summed E-state index contributed by atoms with van der Waals surface area (Å²) in [5.74, 6) is 0. The highest BCUT2D eigenvalue weighted by atomic mass is 16.3. The summed E-state index contributed by atoms with van der Waals surface area (Å²) >= 11 is 0. The van der Waals surface area contributed by atoms with Gasteiger partial charge < -0.3 is 5.11 Å². The van der Waals surface area contributed by atoms with Crippen LogP contribution < -0.4 is 0 Å². The van der Waals surface area contributed by atoms with Crippen molar-refractivity contribution in [3.63, 3.8) is 0 Å². The van der Waals surface area contributed by atoms with Crippen LogP contribution in [0.5, 0.6) is 0 Å². The molecule has 0 fully saturated rings. The van der Waals surface area contributed by atoms with Crippen molar-refractivity contribution < 1.29 is 5.11 Å². The molecule has 0 aromatic heterocycles. The van der Waals surface area contributed by atoms with Crippen molar-refractivity contribution in [3.05, 3.63) is 35.4 Å². The highest BCUT2D eigenvalue weighted by Crippen LogP contribution is 2.10. The van der Waals surface area contributed by atoms with E-state index in [1.54, 1.807) is 0 Å². The lowest BCUT2D eigenvalue weighted by Gasteiger charge is -2.20.